The number of aliphatic hydroxyl groups excluding tert-OH is 1. The first-order chi connectivity index (χ1) is 13.7. The predicted molar refractivity (Wildman–Crippen MR) is 112 cm³/mol. The first-order valence-electron chi connectivity index (χ1n) is 8.89. The largest absolute Gasteiger partial charge is 0.473 e. The van der Waals surface area contributed by atoms with E-state index in [0.717, 1.165) is 11.1 Å². The Bertz CT molecular complexity index is 925. The van der Waals surface area contributed by atoms with Crippen molar-refractivity contribution in [1.82, 2.24) is 15.3 Å². The quantitative estimate of drug-likeness (QED) is 0.522. The average molecular weight is 415 g/mol. The van der Waals surface area contributed by atoms with Gasteiger partial charge in [-0.1, -0.05) is 42.5 Å². The maximum Gasteiger partial charge on any atom is 0.251 e. The highest BCUT2D eigenvalue weighted by atomic mass is 35.5. The summed E-state index contributed by atoms with van der Waals surface area (Å²) in [6, 6.07) is 17.7. The standard InChI is InChI=1S/C21H22N4O3.ClH/c22-11-18-10-20(24-14-23-18)28-13-15-5-4-8-17(9-15)21(27)25-19(12-26)16-6-2-1-3-7-16;/h1-10,14,19,26H,11-13,22H2,(H,25,27);1H. The van der Waals surface area contributed by atoms with E-state index in [1.54, 1.807) is 24.3 Å². The van der Waals surface area contributed by atoms with Crippen LogP contribution >= 0.6 is 12.4 Å². The van der Waals surface area contributed by atoms with Crippen molar-refractivity contribution in [1.29, 1.82) is 0 Å². The van der Waals surface area contributed by atoms with Crippen molar-refractivity contribution >= 4 is 18.3 Å². The number of aliphatic hydroxyl groups is 1. The minimum Gasteiger partial charge on any atom is -0.473 e. The lowest BCUT2D eigenvalue weighted by atomic mass is 10.1. The Labute approximate surface area is 175 Å². The number of hydrogen-bond donors (Lipinski definition) is 3. The van der Waals surface area contributed by atoms with Crippen LogP contribution < -0.4 is 15.8 Å². The normalized spacial score (nSPS) is 11.2. The molecule has 1 unspecified atom stereocenters. The molecule has 0 saturated carbocycles. The molecule has 0 aliphatic rings. The van der Waals surface area contributed by atoms with E-state index in [1.807, 2.05) is 36.4 Å². The Hall–Kier alpha value is -3.00. The van der Waals surface area contributed by atoms with Gasteiger partial charge in [0.25, 0.3) is 5.91 Å². The number of carbonyl (C=O) groups is 1. The van der Waals surface area contributed by atoms with E-state index in [9.17, 15) is 9.90 Å². The highest BCUT2D eigenvalue weighted by molar-refractivity contribution is 5.94. The van der Waals surface area contributed by atoms with Gasteiger partial charge in [0.2, 0.25) is 5.88 Å². The lowest BCUT2D eigenvalue weighted by Crippen LogP contribution is -2.30. The zero-order chi connectivity index (χ0) is 19.8. The number of nitrogens with two attached hydrogens (primary N) is 1. The first-order valence-corrected chi connectivity index (χ1v) is 8.89. The van der Waals surface area contributed by atoms with Gasteiger partial charge in [0.05, 0.1) is 18.3 Å². The van der Waals surface area contributed by atoms with Crippen LogP contribution in [0.1, 0.15) is 33.2 Å². The van der Waals surface area contributed by atoms with Gasteiger partial charge in [-0.3, -0.25) is 4.79 Å². The maximum absolute atomic E-state index is 12.6. The molecule has 152 valence electrons. The molecule has 0 aliphatic carbocycles. The van der Waals surface area contributed by atoms with Crippen molar-refractivity contribution in [2.45, 2.75) is 19.2 Å². The fourth-order valence-electron chi connectivity index (χ4n) is 2.69. The van der Waals surface area contributed by atoms with E-state index in [0.29, 0.717) is 23.7 Å². The van der Waals surface area contributed by atoms with Gasteiger partial charge in [-0.2, -0.15) is 0 Å². The molecule has 29 heavy (non-hydrogen) atoms. The fraction of sp³-hybridized carbons (Fsp3) is 0.190. The Morgan fingerprint density at radius 3 is 2.62 bits per heavy atom. The van der Waals surface area contributed by atoms with Gasteiger partial charge < -0.3 is 20.9 Å². The van der Waals surface area contributed by atoms with E-state index in [4.69, 9.17) is 10.5 Å². The molecule has 8 heteroatoms. The summed E-state index contributed by atoms with van der Waals surface area (Å²) in [4.78, 5) is 20.7. The number of nitrogens with one attached hydrogen (secondary N) is 1. The number of aromatic nitrogens is 2. The second-order valence-corrected chi connectivity index (χ2v) is 6.16. The van der Waals surface area contributed by atoms with Crippen LogP contribution in [0.15, 0.2) is 67.0 Å². The molecule has 4 N–H and O–H groups in total. The lowest BCUT2D eigenvalue weighted by Gasteiger charge is -2.17. The van der Waals surface area contributed by atoms with Crippen LogP contribution in [0.25, 0.3) is 0 Å². The van der Waals surface area contributed by atoms with Crippen LogP contribution in [-0.2, 0) is 13.2 Å². The Balaban J connectivity index is 0.00000300. The van der Waals surface area contributed by atoms with Crippen molar-refractivity contribution in [3.63, 3.8) is 0 Å². The summed E-state index contributed by atoms with van der Waals surface area (Å²) in [6.07, 6.45) is 1.40. The first kappa shape index (κ1) is 22.3. The molecule has 1 heterocycles. The molecular weight excluding hydrogens is 392 g/mol. The van der Waals surface area contributed by atoms with Gasteiger partial charge in [0.15, 0.2) is 0 Å². The smallest absolute Gasteiger partial charge is 0.251 e. The molecule has 1 aromatic heterocycles. The van der Waals surface area contributed by atoms with Crippen LogP contribution in [0.5, 0.6) is 5.88 Å². The van der Waals surface area contributed by atoms with Crippen molar-refractivity contribution in [2.75, 3.05) is 6.61 Å². The minimum atomic E-state index is -0.468. The van der Waals surface area contributed by atoms with Gasteiger partial charge in [-0.25, -0.2) is 9.97 Å². The van der Waals surface area contributed by atoms with E-state index in [-0.39, 0.29) is 31.5 Å². The summed E-state index contributed by atoms with van der Waals surface area (Å²) in [5, 5.41) is 12.5. The van der Waals surface area contributed by atoms with Crippen LogP contribution in [0.3, 0.4) is 0 Å². The zero-order valence-corrected chi connectivity index (χ0v) is 16.5. The minimum absolute atomic E-state index is 0. The van der Waals surface area contributed by atoms with Crippen LogP contribution in [-0.4, -0.2) is 27.6 Å². The van der Waals surface area contributed by atoms with Gasteiger partial charge in [0.1, 0.15) is 12.9 Å². The van der Waals surface area contributed by atoms with Gasteiger partial charge in [0, 0.05) is 18.2 Å². The molecule has 0 fully saturated rings. The average Bonchev–Trinajstić information content (AvgIpc) is 2.76. The van der Waals surface area contributed by atoms with E-state index in [2.05, 4.69) is 15.3 Å². The molecule has 0 aliphatic heterocycles. The molecule has 3 rings (SSSR count). The summed E-state index contributed by atoms with van der Waals surface area (Å²) < 4.78 is 5.66. The Kier molecular flexibility index (Phi) is 8.54. The SMILES string of the molecule is Cl.NCc1cc(OCc2cccc(C(=O)NC(CO)c3ccccc3)c2)ncn1. The van der Waals surface area contributed by atoms with E-state index < -0.39 is 6.04 Å². The third-order valence-corrected chi connectivity index (χ3v) is 4.17. The fourth-order valence-corrected chi connectivity index (χ4v) is 2.69. The molecule has 0 saturated heterocycles. The molecule has 1 amide bonds. The number of ether oxygens (including phenoxy) is 1. The van der Waals surface area contributed by atoms with Crippen LogP contribution in [0, 0.1) is 0 Å². The monoisotopic (exact) mass is 414 g/mol. The second kappa shape index (κ2) is 11.1. The molecule has 0 radical (unpaired) electrons. The maximum atomic E-state index is 12.6. The Morgan fingerprint density at radius 1 is 1.10 bits per heavy atom. The second-order valence-electron chi connectivity index (χ2n) is 6.16. The molecule has 0 spiro atoms. The Morgan fingerprint density at radius 2 is 1.90 bits per heavy atom. The number of amides is 1. The number of benzene rings is 2. The number of nitrogens with zero attached hydrogens (tertiary/aromatic N) is 2. The lowest BCUT2D eigenvalue weighted by molar-refractivity contribution is 0.0916. The number of rotatable bonds is 8. The topological polar surface area (TPSA) is 110 Å². The van der Waals surface area contributed by atoms with E-state index >= 15 is 0 Å². The predicted octanol–water partition coefficient (Wildman–Crippen LogP) is 2.40. The number of carbonyl (C=O) groups excluding carboxylic acids is 1. The number of hydrogen-bond acceptors (Lipinski definition) is 6. The molecule has 1 atom stereocenters. The molecule has 7 nitrogen and oxygen atoms in total. The van der Waals surface area contributed by atoms with Gasteiger partial charge >= 0.3 is 0 Å². The molecular formula is C21H23ClN4O3. The van der Waals surface area contributed by atoms with Crippen molar-refractivity contribution in [3.8, 4) is 5.88 Å². The summed E-state index contributed by atoms with van der Waals surface area (Å²) in [5.41, 5.74) is 8.40. The highest BCUT2D eigenvalue weighted by Crippen LogP contribution is 2.15. The summed E-state index contributed by atoms with van der Waals surface area (Å²) in [7, 11) is 0. The molecule has 3 aromatic rings. The van der Waals surface area contributed by atoms with E-state index in [1.165, 1.54) is 6.33 Å². The van der Waals surface area contributed by atoms with Crippen molar-refractivity contribution in [2.24, 2.45) is 5.73 Å². The third kappa shape index (κ3) is 6.25. The van der Waals surface area contributed by atoms with Gasteiger partial charge in [-0.05, 0) is 23.3 Å². The summed E-state index contributed by atoms with van der Waals surface area (Å²) >= 11 is 0. The third-order valence-electron chi connectivity index (χ3n) is 4.17. The number of halogens is 1. The van der Waals surface area contributed by atoms with Crippen molar-refractivity contribution < 1.29 is 14.6 Å². The van der Waals surface area contributed by atoms with Crippen LogP contribution in [0.4, 0.5) is 0 Å². The molecule has 0 bridgehead atoms. The van der Waals surface area contributed by atoms with Crippen LogP contribution in [0.2, 0.25) is 0 Å². The van der Waals surface area contributed by atoms with Gasteiger partial charge in [-0.15, -0.1) is 12.4 Å². The van der Waals surface area contributed by atoms with Crippen molar-refractivity contribution in [3.05, 3.63) is 89.4 Å². The molecule has 2 aromatic carbocycles. The summed E-state index contributed by atoms with van der Waals surface area (Å²) in [5.74, 6) is 0.159. The zero-order valence-electron chi connectivity index (χ0n) is 15.7. The highest BCUT2D eigenvalue weighted by Gasteiger charge is 2.15. The summed E-state index contributed by atoms with van der Waals surface area (Å²) in [6.45, 7) is 0.377.